The van der Waals surface area contributed by atoms with Crippen molar-refractivity contribution in [2.45, 2.75) is 24.0 Å². The van der Waals surface area contributed by atoms with Crippen molar-refractivity contribution in [3.8, 4) is 0 Å². The monoisotopic (exact) mass is 323 g/mol. The van der Waals surface area contributed by atoms with E-state index in [2.05, 4.69) is 10.0 Å². The number of furan rings is 1. The second kappa shape index (κ2) is 6.57. The largest absolute Gasteiger partial charge is 0.438 e. The summed E-state index contributed by atoms with van der Waals surface area (Å²) in [4.78, 5) is 11.7. The van der Waals surface area contributed by atoms with Crippen LogP contribution in [0.4, 0.5) is 0 Å². The van der Waals surface area contributed by atoms with Gasteiger partial charge in [-0.3, -0.25) is 4.79 Å². The zero-order valence-corrected chi connectivity index (χ0v) is 12.6. The number of rotatable bonds is 6. The second-order valence-electron chi connectivity index (χ2n) is 4.54. The van der Waals surface area contributed by atoms with Crippen LogP contribution in [0.2, 0.25) is 0 Å². The summed E-state index contributed by atoms with van der Waals surface area (Å²) in [5, 5.41) is 2.34. The fourth-order valence-corrected chi connectivity index (χ4v) is 2.32. The van der Waals surface area contributed by atoms with Gasteiger partial charge in [0.15, 0.2) is 5.76 Å². The van der Waals surface area contributed by atoms with Crippen LogP contribution < -0.4 is 15.8 Å². The second-order valence-corrected chi connectivity index (χ2v) is 6.36. The van der Waals surface area contributed by atoms with Gasteiger partial charge in [0.1, 0.15) is 0 Å². The molecular formula is C11H18ClN3O4S. The lowest BCUT2D eigenvalue weighted by atomic mass is 10.2. The van der Waals surface area contributed by atoms with Crippen LogP contribution in [0.15, 0.2) is 21.6 Å². The molecule has 1 atom stereocenters. The van der Waals surface area contributed by atoms with Crippen molar-refractivity contribution in [2.75, 3.05) is 13.6 Å². The molecule has 0 bridgehead atoms. The normalized spacial score (nSPS) is 16.3. The number of carbonyl (C=O) groups is 1. The maximum absolute atomic E-state index is 11.7. The highest BCUT2D eigenvalue weighted by molar-refractivity contribution is 7.89. The third-order valence-corrected chi connectivity index (χ3v) is 4.35. The van der Waals surface area contributed by atoms with E-state index in [9.17, 15) is 13.2 Å². The van der Waals surface area contributed by atoms with E-state index in [0.29, 0.717) is 12.5 Å². The Kier molecular flexibility index (Phi) is 5.58. The number of nitrogens with two attached hydrogens (primary N) is 1. The van der Waals surface area contributed by atoms with Crippen molar-refractivity contribution >= 4 is 28.3 Å². The zero-order valence-electron chi connectivity index (χ0n) is 11.0. The molecule has 1 fully saturated rings. The van der Waals surface area contributed by atoms with Gasteiger partial charge < -0.3 is 15.5 Å². The van der Waals surface area contributed by atoms with E-state index in [1.807, 2.05) is 0 Å². The molecule has 1 aliphatic carbocycles. The Morgan fingerprint density at radius 1 is 1.50 bits per heavy atom. The number of amides is 1. The minimum atomic E-state index is -3.67. The van der Waals surface area contributed by atoms with Crippen LogP contribution in [0, 0.1) is 5.92 Å². The summed E-state index contributed by atoms with van der Waals surface area (Å²) in [5.41, 5.74) is 5.85. The first-order chi connectivity index (χ1) is 8.94. The summed E-state index contributed by atoms with van der Waals surface area (Å²) in [5.74, 6) is -0.0254. The van der Waals surface area contributed by atoms with Gasteiger partial charge in [-0.05, 0) is 37.9 Å². The molecule has 2 rings (SSSR count). The van der Waals surface area contributed by atoms with E-state index in [1.54, 1.807) is 0 Å². The highest BCUT2D eigenvalue weighted by atomic mass is 35.5. The molecule has 0 aromatic carbocycles. The van der Waals surface area contributed by atoms with E-state index in [-0.39, 0.29) is 29.3 Å². The highest BCUT2D eigenvalue weighted by Gasteiger charge is 2.29. The molecule has 1 unspecified atom stereocenters. The van der Waals surface area contributed by atoms with Crippen LogP contribution in [-0.2, 0) is 10.0 Å². The smallest absolute Gasteiger partial charge is 0.287 e. The molecule has 114 valence electrons. The van der Waals surface area contributed by atoms with Gasteiger partial charge in [-0.1, -0.05) is 0 Å². The topological polar surface area (TPSA) is 114 Å². The third kappa shape index (κ3) is 3.95. The average molecular weight is 324 g/mol. The number of halogens is 1. The first-order valence-corrected chi connectivity index (χ1v) is 7.49. The molecule has 9 heteroatoms. The quantitative estimate of drug-likeness (QED) is 0.685. The van der Waals surface area contributed by atoms with Crippen LogP contribution >= 0.6 is 12.4 Å². The van der Waals surface area contributed by atoms with Gasteiger partial charge in [0.25, 0.3) is 15.9 Å². The number of carbonyl (C=O) groups excluding carboxylic acids is 1. The third-order valence-electron chi connectivity index (χ3n) is 3.06. The van der Waals surface area contributed by atoms with Crippen molar-refractivity contribution in [3.05, 3.63) is 17.9 Å². The van der Waals surface area contributed by atoms with Gasteiger partial charge in [-0.15, -0.1) is 12.4 Å². The van der Waals surface area contributed by atoms with Crippen LogP contribution in [0.3, 0.4) is 0 Å². The van der Waals surface area contributed by atoms with Crippen molar-refractivity contribution in [1.82, 2.24) is 10.0 Å². The first kappa shape index (κ1) is 17.0. The molecule has 20 heavy (non-hydrogen) atoms. The number of hydrogen-bond acceptors (Lipinski definition) is 5. The molecule has 0 radical (unpaired) electrons. The standard InChI is InChI=1S/C11H17N3O4S.ClH/c1-13-19(16,17)10-5-4-9(18-10)11(15)14-6-8(12)7-2-3-7;/h4-5,7-8,13H,2-3,6,12H2,1H3,(H,14,15);1H. The van der Waals surface area contributed by atoms with E-state index in [1.165, 1.54) is 19.2 Å². The van der Waals surface area contributed by atoms with Crippen molar-refractivity contribution in [2.24, 2.45) is 11.7 Å². The molecule has 1 heterocycles. The van der Waals surface area contributed by atoms with Gasteiger partial charge in [0, 0.05) is 12.6 Å². The molecule has 0 saturated heterocycles. The maximum Gasteiger partial charge on any atom is 0.287 e. The molecule has 1 aromatic rings. The Morgan fingerprint density at radius 2 is 2.15 bits per heavy atom. The Hall–Kier alpha value is -1.09. The predicted octanol–water partition coefficient (Wildman–Crippen LogP) is 0.0766. The Bertz CT molecular complexity index is 568. The minimum Gasteiger partial charge on any atom is -0.438 e. The minimum absolute atomic E-state index is 0. The Morgan fingerprint density at radius 3 is 2.70 bits per heavy atom. The summed E-state index contributed by atoms with van der Waals surface area (Å²) >= 11 is 0. The molecule has 0 spiro atoms. The van der Waals surface area contributed by atoms with Gasteiger partial charge >= 0.3 is 0 Å². The van der Waals surface area contributed by atoms with Gasteiger partial charge in [0.2, 0.25) is 5.09 Å². The lowest BCUT2D eigenvalue weighted by Gasteiger charge is -2.10. The van der Waals surface area contributed by atoms with Gasteiger partial charge in [0.05, 0.1) is 0 Å². The van der Waals surface area contributed by atoms with E-state index in [0.717, 1.165) is 12.8 Å². The van der Waals surface area contributed by atoms with E-state index < -0.39 is 15.9 Å². The fraction of sp³-hybridized carbons (Fsp3) is 0.545. The van der Waals surface area contributed by atoms with E-state index >= 15 is 0 Å². The lowest BCUT2D eigenvalue weighted by molar-refractivity contribution is 0.0917. The maximum atomic E-state index is 11.7. The summed E-state index contributed by atoms with van der Waals surface area (Å²) in [7, 11) is -2.40. The van der Waals surface area contributed by atoms with Crippen LogP contribution in [0.5, 0.6) is 0 Å². The SMILES string of the molecule is CNS(=O)(=O)c1ccc(C(=O)NCC(N)C2CC2)o1.Cl. The highest BCUT2D eigenvalue weighted by Crippen LogP contribution is 2.31. The molecule has 1 aromatic heterocycles. The molecular weight excluding hydrogens is 306 g/mol. The first-order valence-electron chi connectivity index (χ1n) is 6.01. The van der Waals surface area contributed by atoms with Crippen LogP contribution in [-0.4, -0.2) is 34.0 Å². The number of sulfonamides is 1. The zero-order chi connectivity index (χ0) is 14.0. The number of nitrogens with one attached hydrogen (secondary N) is 2. The molecule has 1 saturated carbocycles. The summed E-state index contributed by atoms with van der Waals surface area (Å²) in [6.07, 6.45) is 2.20. The summed E-state index contributed by atoms with van der Waals surface area (Å²) in [6, 6.07) is 2.50. The van der Waals surface area contributed by atoms with Crippen molar-refractivity contribution in [3.63, 3.8) is 0 Å². The number of hydrogen-bond donors (Lipinski definition) is 3. The molecule has 1 amide bonds. The van der Waals surface area contributed by atoms with E-state index in [4.69, 9.17) is 10.2 Å². The average Bonchev–Trinajstić information content (AvgIpc) is 3.12. The van der Waals surface area contributed by atoms with Crippen LogP contribution in [0.1, 0.15) is 23.4 Å². The Labute approximate surface area is 123 Å². The van der Waals surface area contributed by atoms with Gasteiger partial charge in [-0.25, -0.2) is 13.1 Å². The summed E-state index contributed by atoms with van der Waals surface area (Å²) in [6.45, 7) is 0.359. The fourth-order valence-electron chi connectivity index (χ4n) is 1.68. The van der Waals surface area contributed by atoms with Crippen LogP contribution in [0.25, 0.3) is 0 Å². The van der Waals surface area contributed by atoms with Gasteiger partial charge in [-0.2, -0.15) is 0 Å². The predicted molar refractivity (Wildman–Crippen MR) is 75.2 cm³/mol. The summed E-state index contributed by atoms with van der Waals surface area (Å²) < 4.78 is 30.0. The van der Waals surface area contributed by atoms with Crippen molar-refractivity contribution in [1.29, 1.82) is 0 Å². The molecule has 7 nitrogen and oxygen atoms in total. The molecule has 4 N–H and O–H groups in total. The molecule has 0 aliphatic heterocycles. The lowest BCUT2D eigenvalue weighted by Crippen LogP contribution is -2.38. The van der Waals surface area contributed by atoms with Crippen molar-refractivity contribution < 1.29 is 17.6 Å². The molecule has 1 aliphatic rings. The Balaban J connectivity index is 0.00000200.